The van der Waals surface area contributed by atoms with E-state index in [1.54, 1.807) is 17.8 Å². The molecule has 1 aromatic heterocycles. The summed E-state index contributed by atoms with van der Waals surface area (Å²) in [6.45, 7) is 3.58. The van der Waals surface area contributed by atoms with Gasteiger partial charge in [-0.3, -0.25) is 4.79 Å². The van der Waals surface area contributed by atoms with Gasteiger partial charge in [0.2, 0.25) is 6.23 Å². The van der Waals surface area contributed by atoms with E-state index >= 15 is 0 Å². The van der Waals surface area contributed by atoms with Crippen molar-refractivity contribution in [3.63, 3.8) is 0 Å². The van der Waals surface area contributed by atoms with Crippen LogP contribution in [0.3, 0.4) is 0 Å². The normalized spacial score (nSPS) is 12.5. The minimum absolute atomic E-state index is 0.129. The lowest BCUT2D eigenvalue weighted by molar-refractivity contribution is -0.153. The zero-order valence-corrected chi connectivity index (χ0v) is 19.6. The third-order valence-electron chi connectivity index (χ3n) is 5.33. The second kappa shape index (κ2) is 11.2. The van der Waals surface area contributed by atoms with Gasteiger partial charge in [0, 0.05) is 18.4 Å². The second-order valence-corrected chi connectivity index (χ2v) is 8.08. The Morgan fingerprint density at radius 1 is 0.943 bits per heavy atom. The maximum absolute atomic E-state index is 12.4. The van der Waals surface area contributed by atoms with Crippen LogP contribution >= 0.6 is 0 Å². The SMILES string of the molecule is CC(=O)OC([C@H](C)NC(=O)OCc1ccccc1)n1ncc2ccc(OCc3ccccc3)cc21. The molecule has 8 heteroatoms. The van der Waals surface area contributed by atoms with Crippen LogP contribution in [0.1, 0.15) is 31.2 Å². The molecule has 1 amide bonds. The van der Waals surface area contributed by atoms with E-state index in [1.165, 1.54) is 6.92 Å². The molecule has 4 rings (SSSR count). The average molecular weight is 474 g/mol. The van der Waals surface area contributed by atoms with Crippen LogP contribution in [0.4, 0.5) is 4.79 Å². The van der Waals surface area contributed by atoms with Crippen molar-refractivity contribution in [2.75, 3.05) is 0 Å². The van der Waals surface area contributed by atoms with Gasteiger partial charge in [-0.1, -0.05) is 60.7 Å². The highest BCUT2D eigenvalue weighted by atomic mass is 16.6. The van der Waals surface area contributed by atoms with E-state index < -0.39 is 24.3 Å². The fourth-order valence-corrected chi connectivity index (χ4v) is 3.61. The van der Waals surface area contributed by atoms with Gasteiger partial charge in [0.25, 0.3) is 0 Å². The molecule has 1 unspecified atom stereocenters. The Kier molecular flexibility index (Phi) is 7.62. The highest BCUT2D eigenvalue weighted by Gasteiger charge is 2.27. The second-order valence-electron chi connectivity index (χ2n) is 8.08. The van der Waals surface area contributed by atoms with Crippen LogP contribution in [-0.4, -0.2) is 27.9 Å². The number of fused-ring (bicyclic) bond motifs is 1. The molecule has 4 aromatic rings. The van der Waals surface area contributed by atoms with E-state index in [4.69, 9.17) is 14.2 Å². The van der Waals surface area contributed by atoms with Crippen molar-refractivity contribution in [2.45, 2.75) is 39.3 Å². The Morgan fingerprint density at radius 2 is 1.60 bits per heavy atom. The number of carbonyl (C=O) groups is 2. The predicted molar refractivity (Wildman–Crippen MR) is 131 cm³/mol. The number of carbonyl (C=O) groups excluding carboxylic acids is 2. The average Bonchev–Trinajstić information content (AvgIpc) is 3.29. The molecule has 0 aliphatic heterocycles. The van der Waals surface area contributed by atoms with Crippen molar-refractivity contribution in [1.82, 2.24) is 15.1 Å². The molecule has 3 aromatic carbocycles. The Labute approximate surface area is 203 Å². The first kappa shape index (κ1) is 23.8. The number of alkyl carbamates (subject to hydrolysis) is 1. The summed E-state index contributed by atoms with van der Waals surface area (Å²) in [4.78, 5) is 24.3. The van der Waals surface area contributed by atoms with E-state index in [1.807, 2.05) is 78.9 Å². The fraction of sp³-hybridized carbons (Fsp3) is 0.222. The maximum Gasteiger partial charge on any atom is 0.407 e. The molecule has 0 fully saturated rings. The molecule has 35 heavy (non-hydrogen) atoms. The third kappa shape index (κ3) is 6.38. The van der Waals surface area contributed by atoms with Gasteiger partial charge in [-0.05, 0) is 30.2 Å². The summed E-state index contributed by atoms with van der Waals surface area (Å²) in [5.41, 5.74) is 2.62. The van der Waals surface area contributed by atoms with Crippen molar-refractivity contribution < 1.29 is 23.8 Å². The summed E-state index contributed by atoms with van der Waals surface area (Å²) < 4.78 is 18.4. The van der Waals surface area contributed by atoms with Crippen molar-refractivity contribution in [3.05, 3.63) is 96.2 Å². The molecule has 0 aliphatic carbocycles. The molecule has 0 radical (unpaired) electrons. The highest BCUT2D eigenvalue weighted by molar-refractivity contribution is 5.80. The van der Waals surface area contributed by atoms with E-state index in [-0.39, 0.29) is 6.61 Å². The van der Waals surface area contributed by atoms with Crippen LogP contribution in [0.15, 0.2) is 85.1 Å². The van der Waals surface area contributed by atoms with Crippen LogP contribution in [0, 0.1) is 0 Å². The molecule has 1 heterocycles. The first-order chi connectivity index (χ1) is 17.0. The lowest BCUT2D eigenvalue weighted by Gasteiger charge is -2.25. The summed E-state index contributed by atoms with van der Waals surface area (Å²) in [6, 6.07) is 24.2. The van der Waals surface area contributed by atoms with Gasteiger partial charge in [-0.15, -0.1) is 0 Å². The van der Waals surface area contributed by atoms with E-state index in [0.717, 1.165) is 16.5 Å². The Morgan fingerprint density at radius 3 is 2.26 bits per heavy atom. The molecule has 2 atom stereocenters. The predicted octanol–water partition coefficient (Wildman–Crippen LogP) is 4.99. The Hall–Kier alpha value is -4.33. The number of hydrogen-bond donors (Lipinski definition) is 1. The van der Waals surface area contributed by atoms with Crippen LogP contribution in [0.2, 0.25) is 0 Å². The lowest BCUT2D eigenvalue weighted by Crippen LogP contribution is -2.41. The number of esters is 1. The van der Waals surface area contributed by atoms with Gasteiger partial charge in [0.05, 0.1) is 17.8 Å². The van der Waals surface area contributed by atoms with Gasteiger partial charge in [0.1, 0.15) is 19.0 Å². The van der Waals surface area contributed by atoms with Crippen LogP contribution in [-0.2, 0) is 27.5 Å². The van der Waals surface area contributed by atoms with Crippen molar-refractivity contribution in [3.8, 4) is 5.75 Å². The zero-order chi connectivity index (χ0) is 24.6. The fourth-order valence-electron chi connectivity index (χ4n) is 3.61. The van der Waals surface area contributed by atoms with Crippen molar-refractivity contribution in [1.29, 1.82) is 0 Å². The van der Waals surface area contributed by atoms with Gasteiger partial charge < -0.3 is 19.5 Å². The molecule has 0 bridgehead atoms. The minimum Gasteiger partial charge on any atom is -0.489 e. The van der Waals surface area contributed by atoms with E-state index in [0.29, 0.717) is 17.9 Å². The largest absolute Gasteiger partial charge is 0.489 e. The summed E-state index contributed by atoms with van der Waals surface area (Å²) in [5, 5.41) is 8.00. The third-order valence-corrected chi connectivity index (χ3v) is 5.33. The smallest absolute Gasteiger partial charge is 0.407 e. The lowest BCUT2D eigenvalue weighted by atomic mass is 10.2. The van der Waals surface area contributed by atoms with Crippen molar-refractivity contribution in [2.24, 2.45) is 0 Å². The van der Waals surface area contributed by atoms with Gasteiger partial charge in [-0.25, -0.2) is 9.48 Å². The molecule has 0 aliphatic rings. The Bertz CT molecular complexity index is 1270. The van der Waals surface area contributed by atoms with Gasteiger partial charge in [-0.2, -0.15) is 5.10 Å². The van der Waals surface area contributed by atoms with Crippen LogP contribution in [0.5, 0.6) is 5.75 Å². The summed E-state index contributed by atoms with van der Waals surface area (Å²) in [5.74, 6) is 0.147. The molecule has 8 nitrogen and oxygen atoms in total. The molecule has 180 valence electrons. The van der Waals surface area contributed by atoms with Gasteiger partial charge in [0.15, 0.2) is 0 Å². The molecule has 1 N–H and O–H groups in total. The number of benzene rings is 3. The topological polar surface area (TPSA) is 91.7 Å². The first-order valence-electron chi connectivity index (χ1n) is 11.3. The molecular weight excluding hydrogens is 446 g/mol. The van der Waals surface area contributed by atoms with E-state index in [9.17, 15) is 9.59 Å². The number of rotatable bonds is 9. The number of hydrogen-bond acceptors (Lipinski definition) is 6. The van der Waals surface area contributed by atoms with Crippen molar-refractivity contribution >= 4 is 23.0 Å². The molecule has 0 saturated heterocycles. The number of aromatic nitrogens is 2. The van der Waals surface area contributed by atoms with Crippen LogP contribution < -0.4 is 10.1 Å². The highest BCUT2D eigenvalue weighted by Crippen LogP contribution is 2.26. The van der Waals surface area contributed by atoms with Gasteiger partial charge >= 0.3 is 12.1 Å². The molecule has 0 saturated carbocycles. The van der Waals surface area contributed by atoms with Crippen LogP contribution in [0.25, 0.3) is 10.9 Å². The monoisotopic (exact) mass is 473 g/mol. The van der Waals surface area contributed by atoms with E-state index in [2.05, 4.69) is 10.4 Å². The Balaban J connectivity index is 1.49. The minimum atomic E-state index is -0.890. The quantitative estimate of drug-likeness (QED) is 0.344. The first-order valence-corrected chi connectivity index (χ1v) is 11.3. The maximum atomic E-state index is 12.4. The number of nitrogens with zero attached hydrogens (tertiary/aromatic N) is 2. The standard InChI is InChI=1S/C27H27N3O5/c1-19(29-27(32)34-18-22-11-7-4-8-12-22)26(35-20(2)31)30-25-15-24(14-13-23(25)16-28-30)33-17-21-9-5-3-6-10-21/h3-16,19,26H,17-18H2,1-2H3,(H,29,32)/t19-,26?/m0/s1. The molecule has 0 spiro atoms. The number of nitrogens with one attached hydrogen (secondary N) is 1. The zero-order valence-electron chi connectivity index (χ0n) is 19.6. The number of amides is 1. The summed E-state index contributed by atoms with van der Waals surface area (Å²) >= 11 is 0. The number of ether oxygens (including phenoxy) is 3. The summed E-state index contributed by atoms with van der Waals surface area (Å²) in [7, 11) is 0. The summed E-state index contributed by atoms with van der Waals surface area (Å²) in [6.07, 6.45) is 0.160. The molecular formula is C27H27N3O5.